The third-order valence-corrected chi connectivity index (χ3v) is 2.53. The van der Waals surface area contributed by atoms with Crippen molar-refractivity contribution in [2.75, 3.05) is 6.54 Å². The Labute approximate surface area is 124 Å². The molecule has 0 fully saturated rings. The third-order valence-electron chi connectivity index (χ3n) is 2.41. The normalized spacial score (nSPS) is 13.3. The number of aromatic nitrogens is 1. The number of rotatable bonds is 6. The van der Waals surface area contributed by atoms with Gasteiger partial charge in [0.2, 0.25) is 0 Å². The molecule has 0 bridgehead atoms. The largest absolute Gasteiger partial charge is 0.384 e. The smallest absolute Gasteiger partial charge is 0.118 e. The van der Waals surface area contributed by atoms with Gasteiger partial charge in [-0.15, -0.1) is 0 Å². The van der Waals surface area contributed by atoms with Crippen LogP contribution in [0, 0.1) is 0 Å². The monoisotopic (exact) mass is 287 g/mol. The maximum atomic E-state index is 5.82. The zero-order valence-corrected chi connectivity index (χ0v) is 12.2. The van der Waals surface area contributed by atoms with E-state index in [-0.39, 0.29) is 0 Å². The lowest BCUT2D eigenvalue weighted by Gasteiger charge is -1.98. The van der Waals surface area contributed by atoms with Gasteiger partial charge in [-0.1, -0.05) is 36.4 Å². The van der Waals surface area contributed by atoms with Gasteiger partial charge in [-0.3, -0.25) is 9.98 Å². The number of hydrogen-bond acceptors (Lipinski definition) is 2. The zero-order chi connectivity index (χ0) is 14.8. The summed E-state index contributed by atoms with van der Waals surface area (Å²) in [6, 6.07) is 5.68. The Morgan fingerprint density at radius 2 is 2.20 bits per heavy atom. The Morgan fingerprint density at radius 1 is 1.40 bits per heavy atom. The van der Waals surface area contributed by atoms with E-state index in [1.54, 1.807) is 18.3 Å². The van der Waals surface area contributed by atoms with Crippen molar-refractivity contribution in [3.8, 4) is 0 Å². The van der Waals surface area contributed by atoms with Gasteiger partial charge in [0.1, 0.15) is 5.84 Å². The van der Waals surface area contributed by atoms with E-state index in [4.69, 9.17) is 17.3 Å². The minimum atomic E-state index is 0.452. The Kier molecular flexibility index (Phi) is 7.07. The van der Waals surface area contributed by atoms with Crippen LogP contribution in [0.15, 0.2) is 70.9 Å². The molecule has 2 N–H and O–H groups in total. The maximum Gasteiger partial charge on any atom is 0.118 e. The number of nitrogens with zero attached hydrogens (tertiary/aromatic N) is 2. The van der Waals surface area contributed by atoms with E-state index in [2.05, 4.69) is 16.6 Å². The number of allylic oxidation sites excluding steroid dienone is 3. The predicted molar refractivity (Wildman–Crippen MR) is 87.7 cm³/mol. The van der Waals surface area contributed by atoms with Gasteiger partial charge in [0.05, 0.1) is 12.2 Å². The summed E-state index contributed by atoms with van der Waals surface area (Å²) in [6.07, 6.45) is 10.8. The summed E-state index contributed by atoms with van der Waals surface area (Å²) in [5.41, 5.74) is 7.68. The molecule has 0 saturated carbocycles. The van der Waals surface area contributed by atoms with Crippen molar-refractivity contribution in [2.45, 2.75) is 6.92 Å². The highest BCUT2D eigenvalue weighted by atomic mass is 35.5. The average Bonchev–Trinajstić information content (AvgIpc) is 2.46. The molecule has 0 aliphatic carbocycles. The minimum Gasteiger partial charge on any atom is -0.384 e. The highest BCUT2D eigenvalue weighted by Gasteiger charge is 1.91. The molecule has 0 saturated heterocycles. The van der Waals surface area contributed by atoms with Gasteiger partial charge in [-0.05, 0) is 42.9 Å². The van der Waals surface area contributed by atoms with Crippen LogP contribution in [0.5, 0.6) is 0 Å². The van der Waals surface area contributed by atoms with E-state index in [1.807, 2.05) is 43.4 Å². The molecule has 0 radical (unpaired) electrons. The molecule has 1 heterocycles. The molecular weight excluding hydrogens is 270 g/mol. The van der Waals surface area contributed by atoms with Crippen molar-refractivity contribution < 1.29 is 0 Å². The van der Waals surface area contributed by atoms with E-state index in [9.17, 15) is 0 Å². The van der Waals surface area contributed by atoms with Crippen molar-refractivity contribution in [3.63, 3.8) is 0 Å². The van der Waals surface area contributed by atoms with Crippen molar-refractivity contribution in [1.29, 1.82) is 0 Å². The standard InChI is InChI=1S/C16H18ClN3/c1-3-14(8-7-13(2)17)12-20-16(18)10-9-15-6-4-5-11-19-15/h3-11H,2,12H2,1H3,(H2,18,20)/b8-7-,10-9+,14-3+. The number of halogens is 1. The van der Waals surface area contributed by atoms with Crippen LogP contribution in [-0.4, -0.2) is 17.4 Å². The van der Waals surface area contributed by atoms with Crippen LogP contribution < -0.4 is 5.73 Å². The lowest BCUT2D eigenvalue weighted by atomic mass is 10.2. The Morgan fingerprint density at radius 3 is 2.80 bits per heavy atom. The van der Waals surface area contributed by atoms with Crippen LogP contribution >= 0.6 is 11.6 Å². The molecule has 0 aliphatic rings. The second kappa shape index (κ2) is 8.88. The fourth-order valence-corrected chi connectivity index (χ4v) is 1.38. The van der Waals surface area contributed by atoms with E-state index in [0.717, 1.165) is 11.3 Å². The second-order valence-corrected chi connectivity index (χ2v) is 4.46. The van der Waals surface area contributed by atoms with Crippen LogP contribution in [0.2, 0.25) is 0 Å². The van der Waals surface area contributed by atoms with Crippen LogP contribution in [0.4, 0.5) is 0 Å². The molecule has 1 aromatic heterocycles. The molecule has 1 aromatic rings. The highest BCUT2D eigenvalue weighted by molar-refractivity contribution is 6.30. The number of nitrogens with two attached hydrogens (primary N) is 1. The fourth-order valence-electron chi connectivity index (χ4n) is 1.32. The summed E-state index contributed by atoms with van der Waals surface area (Å²) < 4.78 is 0. The minimum absolute atomic E-state index is 0.452. The molecule has 3 nitrogen and oxygen atoms in total. The molecule has 0 aromatic carbocycles. The van der Waals surface area contributed by atoms with Gasteiger partial charge >= 0.3 is 0 Å². The molecule has 20 heavy (non-hydrogen) atoms. The van der Waals surface area contributed by atoms with Crippen LogP contribution in [-0.2, 0) is 0 Å². The molecule has 0 aliphatic heterocycles. The average molecular weight is 288 g/mol. The van der Waals surface area contributed by atoms with Crippen molar-refractivity contribution in [2.24, 2.45) is 10.7 Å². The zero-order valence-electron chi connectivity index (χ0n) is 11.5. The van der Waals surface area contributed by atoms with Gasteiger partial charge < -0.3 is 5.73 Å². The molecule has 0 spiro atoms. The van der Waals surface area contributed by atoms with Crippen LogP contribution in [0.25, 0.3) is 6.08 Å². The van der Waals surface area contributed by atoms with Crippen LogP contribution in [0.3, 0.4) is 0 Å². The molecule has 1 rings (SSSR count). The molecule has 0 unspecified atom stereocenters. The van der Waals surface area contributed by atoms with E-state index >= 15 is 0 Å². The van der Waals surface area contributed by atoms with Gasteiger partial charge in [-0.2, -0.15) is 0 Å². The first-order valence-electron chi connectivity index (χ1n) is 6.18. The lowest BCUT2D eigenvalue weighted by molar-refractivity contribution is 1.17. The van der Waals surface area contributed by atoms with Gasteiger partial charge in [0.25, 0.3) is 0 Å². The molecule has 0 atom stereocenters. The predicted octanol–water partition coefficient (Wildman–Crippen LogP) is 3.71. The number of aliphatic imine (C=N–C) groups is 1. The van der Waals surface area contributed by atoms with E-state index < -0.39 is 0 Å². The molecule has 4 heteroatoms. The Balaban J connectivity index is 2.61. The highest BCUT2D eigenvalue weighted by Crippen LogP contribution is 2.04. The Hall–Kier alpha value is -2.13. The van der Waals surface area contributed by atoms with Gasteiger partial charge in [0, 0.05) is 11.2 Å². The second-order valence-electron chi connectivity index (χ2n) is 3.97. The van der Waals surface area contributed by atoms with Gasteiger partial charge in [0.15, 0.2) is 0 Å². The summed E-state index contributed by atoms with van der Waals surface area (Å²) in [5, 5.41) is 0.483. The number of pyridine rings is 1. The van der Waals surface area contributed by atoms with Crippen molar-refractivity contribution in [3.05, 3.63) is 71.6 Å². The first-order valence-corrected chi connectivity index (χ1v) is 6.56. The summed E-state index contributed by atoms with van der Waals surface area (Å²) in [7, 11) is 0. The van der Waals surface area contributed by atoms with Crippen molar-refractivity contribution >= 4 is 23.5 Å². The van der Waals surface area contributed by atoms with Crippen molar-refractivity contribution in [1.82, 2.24) is 4.98 Å². The molecular formula is C16H18ClN3. The fraction of sp³-hybridized carbons (Fsp3) is 0.125. The Bertz CT molecular complexity index is 554. The SMILES string of the molecule is C=C(Cl)/C=C\C(=C/C)CN=C(N)/C=C/c1ccccn1. The maximum absolute atomic E-state index is 5.82. The van der Waals surface area contributed by atoms with E-state index in [1.165, 1.54) is 0 Å². The summed E-state index contributed by atoms with van der Waals surface area (Å²) in [5.74, 6) is 0.452. The first-order chi connectivity index (χ1) is 9.61. The molecule has 104 valence electrons. The number of hydrogen-bond donors (Lipinski definition) is 1. The first kappa shape index (κ1) is 15.9. The quantitative estimate of drug-likeness (QED) is 0.493. The van der Waals surface area contributed by atoms with Crippen LogP contribution in [0.1, 0.15) is 12.6 Å². The number of amidine groups is 1. The van der Waals surface area contributed by atoms with E-state index in [0.29, 0.717) is 17.4 Å². The summed E-state index contributed by atoms with van der Waals surface area (Å²) >= 11 is 5.67. The third kappa shape index (κ3) is 6.71. The molecule has 0 amide bonds. The topological polar surface area (TPSA) is 51.3 Å². The van der Waals surface area contributed by atoms with Gasteiger partial charge in [-0.25, -0.2) is 0 Å². The lowest BCUT2D eigenvalue weighted by Crippen LogP contribution is -2.08. The summed E-state index contributed by atoms with van der Waals surface area (Å²) in [6.45, 7) is 6.02. The summed E-state index contributed by atoms with van der Waals surface area (Å²) in [4.78, 5) is 8.44.